The molecular weight excluding hydrogens is 450 g/mol. The zero-order chi connectivity index (χ0) is 20.9. The quantitative estimate of drug-likeness (QED) is 0.139. The van der Waals surface area contributed by atoms with Crippen LogP contribution in [0.5, 0.6) is 0 Å². The number of rotatable bonds is 5. The van der Waals surface area contributed by atoms with Gasteiger partial charge in [-0.05, 0) is 55.5 Å². The molecule has 0 aromatic heterocycles. The van der Waals surface area contributed by atoms with E-state index in [0.29, 0.717) is 5.45 Å². The third-order valence-electron chi connectivity index (χ3n) is 5.50. The zero-order valence-corrected chi connectivity index (χ0v) is 19.0. The minimum absolute atomic E-state index is 0.250. The molecule has 0 radical (unpaired) electrons. The highest BCUT2D eigenvalue weighted by Gasteiger charge is 2.36. The zero-order valence-electron chi connectivity index (χ0n) is 16.6. The molecule has 0 aliphatic heterocycles. The fraction of sp³-hybridized carbons (Fsp3) is 0.409. The summed E-state index contributed by atoms with van der Waals surface area (Å²) in [4.78, 5) is 10.6. The van der Waals surface area contributed by atoms with Gasteiger partial charge >= 0.3 is 0 Å². The maximum Gasteiger partial charge on any atom is 0.290 e. The number of benzene rings is 2. The van der Waals surface area contributed by atoms with E-state index in [9.17, 15) is 0 Å². The summed E-state index contributed by atoms with van der Waals surface area (Å²) >= 11 is 5.52. The number of carbonyl (C=O) groups is 1. The monoisotopic (exact) mass is 475 g/mol. The Labute approximate surface area is 184 Å². The molecule has 2 aliphatic carbocycles. The van der Waals surface area contributed by atoms with Crippen molar-refractivity contribution >= 4 is 62.5 Å². The normalized spacial score (nSPS) is 17.7. The maximum atomic E-state index is 8.36. The minimum Gasteiger partial charge on any atom is -0.483 e. The Morgan fingerprint density at radius 3 is 2.48 bits per heavy atom. The van der Waals surface area contributed by atoms with Crippen molar-refractivity contribution in [2.75, 3.05) is 10.4 Å². The largest absolute Gasteiger partial charge is 0.483 e. The number of anilines is 1. The van der Waals surface area contributed by atoms with E-state index in [1.54, 1.807) is 0 Å². The molecule has 5 nitrogen and oxygen atoms in total. The molecule has 154 valence electrons. The lowest BCUT2D eigenvalue weighted by Crippen LogP contribution is -2.36. The molecule has 0 spiro atoms. The number of amidine groups is 1. The topological polar surface area (TPSA) is 65.3 Å². The van der Waals surface area contributed by atoms with Crippen molar-refractivity contribution in [3.05, 3.63) is 42.0 Å². The standard InChI is InChI=1S/C21H24BrN3S.CH2O2/c1-21(12-5-13-21)26-20(24-23-2)25(14-22)19-11-10-16(15-8-9-15)17-6-3-4-7-18(17)19;2-1-3/h3-4,6-7,10-11,15H,2,5,8-9,12-14H2,1H3;1H,(H,2,3)/b24-20+;. The number of thioether (sulfide) groups is 1. The second-order valence-corrected chi connectivity index (χ2v) is 9.63. The third kappa shape index (κ3) is 5.01. The first-order chi connectivity index (χ1) is 14.1. The first-order valence-corrected chi connectivity index (χ1v) is 11.7. The van der Waals surface area contributed by atoms with Crippen molar-refractivity contribution in [1.82, 2.24) is 0 Å². The SMILES string of the molecule is C=N/N=C(/SC1(C)CCC1)N(CBr)c1ccc(C2CC2)c2ccccc12.O=CO. The Kier molecular flexibility index (Phi) is 7.35. The first kappa shape index (κ1) is 21.8. The molecule has 7 heteroatoms. The van der Waals surface area contributed by atoms with Crippen LogP contribution in [0.25, 0.3) is 10.8 Å². The van der Waals surface area contributed by atoms with E-state index in [0.717, 1.165) is 11.1 Å². The summed E-state index contributed by atoms with van der Waals surface area (Å²) in [5.41, 5.74) is 3.34. The second-order valence-electron chi connectivity index (χ2n) is 7.58. The van der Waals surface area contributed by atoms with Crippen molar-refractivity contribution in [2.45, 2.75) is 49.7 Å². The maximum absolute atomic E-state index is 8.36. The van der Waals surface area contributed by atoms with Gasteiger partial charge in [-0.3, -0.25) is 4.79 Å². The Bertz CT molecular complexity index is 910. The molecule has 29 heavy (non-hydrogen) atoms. The van der Waals surface area contributed by atoms with E-state index in [4.69, 9.17) is 9.90 Å². The van der Waals surface area contributed by atoms with Crippen molar-refractivity contribution in [1.29, 1.82) is 0 Å². The summed E-state index contributed by atoms with van der Waals surface area (Å²) in [7, 11) is 0. The van der Waals surface area contributed by atoms with E-state index in [1.165, 1.54) is 54.1 Å². The van der Waals surface area contributed by atoms with Crippen LogP contribution in [-0.4, -0.2) is 33.7 Å². The Morgan fingerprint density at radius 2 is 1.97 bits per heavy atom. The van der Waals surface area contributed by atoms with Gasteiger partial charge in [-0.25, -0.2) is 0 Å². The van der Waals surface area contributed by atoms with E-state index in [1.807, 2.05) is 11.8 Å². The summed E-state index contributed by atoms with van der Waals surface area (Å²) in [6.07, 6.45) is 6.38. The van der Waals surface area contributed by atoms with Crippen LogP contribution in [-0.2, 0) is 4.79 Å². The number of hydrogen-bond donors (Lipinski definition) is 1. The average molecular weight is 476 g/mol. The van der Waals surface area contributed by atoms with Crippen LogP contribution in [0.4, 0.5) is 5.69 Å². The summed E-state index contributed by atoms with van der Waals surface area (Å²) in [5, 5.41) is 18.7. The number of fused-ring (bicyclic) bond motifs is 1. The van der Waals surface area contributed by atoms with E-state index in [2.05, 4.69) is 81.1 Å². The summed E-state index contributed by atoms with van der Waals surface area (Å²) in [5.74, 6) is 0.734. The highest BCUT2D eigenvalue weighted by atomic mass is 79.9. The third-order valence-corrected chi connectivity index (χ3v) is 7.39. The smallest absolute Gasteiger partial charge is 0.290 e. The summed E-state index contributed by atoms with van der Waals surface area (Å²) in [6.45, 7) is 5.67. The molecule has 0 heterocycles. The molecule has 2 aromatic carbocycles. The molecule has 2 saturated carbocycles. The molecule has 0 bridgehead atoms. The highest BCUT2D eigenvalue weighted by Crippen LogP contribution is 2.47. The van der Waals surface area contributed by atoms with Crippen molar-refractivity contribution in [2.24, 2.45) is 10.2 Å². The molecule has 2 fully saturated rings. The summed E-state index contributed by atoms with van der Waals surface area (Å²) < 4.78 is 0.258. The van der Waals surface area contributed by atoms with Crippen molar-refractivity contribution in [3.63, 3.8) is 0 Å². The van der Waals surface area contributed by atoms with Crippen LogP contribution >= 0.6 is 27.7 Å². The summed E-state index contributed by atoms with van der Waals surface area (Å²) in [6, 6.07) is 13.3. The molecule has 4 rings (SSSR count). The number of hydrogen-bond acceptors (Lipinski definition) is 4. The fourth-order valence-corrected chi connectivity index (χ4v) is 5.68. The van der Waals surface area contributed by atoms with E-state index >= 15 is 0 Å². The number of halogens is 1. The lowest BCUT2D eigenvalue weighted by atomic mass is 9.86. The Hall–Kier alpha value is -1.86. The predicted octanol–water partition coefficient (Wildman–Crippen LogP) is 6.22. The van der Waals surface area contributed by atoms with Crippen LogP contribution in [0.15, 0.2) is 46.6 Å². The lowest BCUT2D eigenvalue weighted by Gasteiger charge is -2.39. The predicted molar refractivity (Wildman–Crippen MR) is 128 cm³/mol. The molecule has 0 saturated heterocycles. The van der Waals surface area contributed by atoms with Gasteiger partial charge in [0.05, 0.1) is 11.1 Å². The number of nitrogens with zero attached hydrogens (tertiary/aromatic N) is 3. The fourth-order valence-electron chi connectivity index (χ4n) is 3.70. The van der Waals surface area contributed by atoms with Crippen LogP contribution in [0.2, 0.25) is 0 Å². The van der Waals surface area contributed by atoms with Gasteiger partial charge in [0.25, 0.3) is 6.47 Å². The van der Waals surface area contributed by atoms with Crippen LogP contribution in [0, 0.1) is 0 Å². The van der Waals surface area contributed by atoms with Gasteiger partial charge < -0.3 is 10.0 Å². The minimum atomic E-state index is -0.250. The lowest BCUT2D eigenvalue weighted by molar-refractivity contribution is -0.122. The number of alkyl halides is 1. The van der Waals surface area contributed by atoms with Gasteiger partial charge in [0, 0.05) is 16.9 Å². The highest BCUT2D eigenvalue weighted by molar-refractivity contribution is 9.09. The molecule has 0 atom stereocenters. The van der Waals surface area contributed by atoms with Gasteiger partial charge in [-0.15, -0.1) is 5.10 Å². The van der Waals surface area contributed by atoms with Gasteiger partial charge in [-0.2, -0.15) is 5.10 Å². The molecule has 1 N–H and O–H groups in total. The first-order valence-electron chi connectivity index (χ1n) is 9.72. The molecule has 2 aliphatic rings. The molecule has 0 amide bonds. The van der Waals surface area contributed by atoms with Crippen LogP contribution in [0.3, 0.4) is 0 Å². The van der Waals surface area contributed by atoms with Crippen LogP contribution < -0.4 is 4.90 Å². The van der Waals surface area contributed by atoms with E-state index < -0.39 is 0 Å². The van der Waals surface area contributed by atoms with Gasteiger partial charge in [-0.1, -0.05) is 64.4 Å². The molecule has 0 unspecified atom stereocenters. The van der Waals surface area contributed by atoms with Gasteiger partial charge in [0.2, 0.25) is 0 Å². The van der Waals surface area contributed by atoms with Crippen LogP contribution in [0.1, 0.15) is 50.5 Å². The molecular formula is C22H26BrN3O2S. The number of carboxylic acid groups (broad SMARTS) is 1. The van der Waals surface area contributed by atoms with Gasteiger partial charge in [0.15, 0.2) is 5.17 Å². The Morgan fingerprint density at radius 1 is 1.31 bits per heavy atom. The Balaban J connectivity index is 0.000000755. The average Bonchev–Trinajstić information content (AvgIpc) is 3.53. The second kappa shape index (κ2) is 9.76. The molecule has 2 aromatic rings. The van der Waals surface area contributed by atoms with E-state index in [-0.39, 0.29) is 11.2 Å². The van der Waals surface area contributed by atoms with Crippen molar-refractivity contribution < 1.29 is 9.90 Å². The van der Waals surface area contributed by atoms with Gasteiger partial charge in [0.1, 0.15) is 0 Å². The van der Waals surface area contributed by atoms with Crippen molar-refractivity contribution in [3.8, 4) is 0 Å².